The molecular weight excluding hydrogens is 228 g/mol. The van der Waals surface area contributed by atoms with Gasteiger partial charge in [-0.3, -0.25) is 0 Å². The average molecular weight is 240 g/mol. The average Bonchev–Trinajstić information content (AvgIpc) is 2.40. The van der Waals surface area contributed by atoms with Crippen LogP contribution in [0.3, 0.4) is 0 Å². The van der Waals surface area contributed by atoms with E-state index in [1.807, 2.05) is 36.4 Å². The Balaban J connectivity index is 2.30. The molecule has 2 N–H and O–H groups in total. The van der Waals surface area contributed by atoms with Crippen molar-refractivity contribution in [3.8, 4) is 6.07 Å². The summed E-state index contributed by atoms with van der Waals surface area (Å²) in [6, 6.07) is 17.9. The third kappa shape index (κ3) is 2.88. The third-order valence-electron chi connectivity index (χ3n) is 2.38. The van der Waals surface area contributed by atoms with E-state index < -0.39 is 0 Å². The molecule has 17 heavy (non-hydrogen) atoms. The first kappa shape index (κ1) is 11.7. The molecule has 0 fully saturated rings. The SMILES string of the molecule is N#Cc1ccc(Sc2ccccc2)c(CN)c1. The fourth-order valence-corrected chi connectivity index (χ4v) is 2.48. The molecule has 0 heterocycles. The smallest absolute Gasteiger partial charge is 0.0991 e. The Hall–Kier alpha value is -1.76. The fraction of sp³-hybridized carbons (Fsp3) is 0.0714. The molecule has 0 saturated heterocycles. The number of nitrogens with zero attached hydrogens (tertiary/aromatic N) is 1. The first-order chi connectivity index (χ1) is 8.33. The van der Waals surface area contributed by atoms with E-state index in [4.69, 9.17) is 11.0 Å². The van der Waals surface area contributed by atoms with Crippen molar-refractivity contribution in [1.29, 1.82) is 5.26 Å². The van der Waals surface area contributed by atoms with Crippen LogP contribution in [0.15, 0.2) is 58.3 Å². The van der Waals surface area contributed by atoms with E-state index in [1.165, 1.54) is 4.90 Å². The molecule has 0 bridgehead atoms. The monoisotopic (exact) mass is 240 g/mol. The Morgan fingerprint density at radius 3 is 2.53 bits per heavy atom. The number of rotatable bonds is 3. The number of nitrogens with two attached hydrogens (primary N) is 1. The van der Waals surface area contributed by atoms with Crippen molar-refractivity contribution in [2.45, 2.75) is 16.3 Å². The molecule has 0 saturated carbocycles. The lowest BCUT2D eigenvalue weighted by atomic mass is 10.1. The number of benzene rings is 2. The molecule has 0 amide bonds. The lowest BCUT2D eigenvalue weighted by Crippen LogP contribution is -1.98. The molecule has 0 radical (unpaired) electrons. The summed E-state index contributed by atoms with van der Waals surface area (Å²) in [4.78, 5) is 2.28. The predicted octanol–water partition coefficient (Wildman–Crippen LogP) is 3.17. The maximum absolute atomic E-state index is 8.84. The molecule has 2 nitrogen and oxygen atoms in total. The zero-order valence-corrected chi connectivity index (χ0v) is 10.1. The minimum absolute atomic E-state index is 0.449. The van der Waals surface area contributed by atoms with Gasteiger partial charge in [0.25, 0.3) is 0 Å². The lowest BCUT2D eigenvalue weighted by Gasteiger charge is -2.07. The summed E-state index contributed by atoms with van der Waals surface area (Å²) >= 11 is 1.67. The van der Waals surface area contributed by atoms with Crippen LogP contribution in [0, 0.1) is 11.3 Å². The standard InChI is InChI=1S/C14H12N2S/c15-9-11-6-7-14(12(8-11)10-16)17-13-4-2-1-3-5-13/h1-8H,10,16H2. The summed E-state index contributed by atoms with van der Waals surface area (Å²) < 4.78 is 0. The molecular formula is C14H12N2S. The van der Waals surface area contributed by atoms with E-state index in [0.29, 0.717) is 12.1 Å². The van der Waals surface area contributed by atoms with E-state index in [2.05, 4.69) is 18.2 Å². The molecule has 2 aromatic rings. The van der Waals surface area contributed by atoms with Crippen LogP contribution in [0.2, 0.25) is 0 Å². The molecule has 0 aliphatic carbocycles. The normalized spacial score (nSPS) is 9.88. The van der Waals surface area contributed by atoms with Crippen LogP contribution >= 0.6 is 11.8 Å². The van der Waals surface area contributed by atoms with Crippen LogP contribution in [-0.4, -0.2) is 0 Å². The molecule has 0 aromatic heterocycles. The molecule has 0 unspecified atom stereocenters. The highest BCUT2D eigenvalue weighted by molar-refractivity contribution is 7.99. The summed E-state index contributed by atoms with van der Waals surface area (Å²) in [5.41, 5.74) is 7.37. The van der Waals surface area contributed by atoms with Gasteiger partial charge in [-0.05, 0) is 35.9 Å². The maximum Gasteiger partial charge on any atom is 0.0991 e. The van der Waals surface area contributed by atoms with Gasteiger partial charge in [-0.1, -0.05) is 30.0 Å². The molecule has 0 aliphatic heterocycles. The van der Waals surface area contributed by atoms with Crippen molar-refractivity contribution in [2.75, 3.05) is 0 Å². The van der Waals surface area contributed by atoms with Crippen molar-refractivity contribution in [1.82, 2.24) is 0 Å². The molecule has 0 aliphatic rings. The summed E-state index contributed by atoms with van der Waals surface area (Å²) in [6.45, 7) is 0.449. The molecule has 2 aromatic carbocycles. The summed E-state index contributed by atoms with van der Waals surface area (Å²) in [5.74, 6) is 0. The van der Waals surface area contributed by atoms with Crippen LogP contribution in [0.5, 0.6) is 0 Å². The summed E-state index contributed by atoms with van der Waals surface area (Å²) in [5, 5.41) is 8.84. The minimum atomic E-state index is 0.449. The van der Waals surface area contributed by atoms with Crippen LogP contribution in [0.4, 0.5) is 0 Å². The van der Waals surface area contributed by atoms with Crippen molar-refractivity contribution >= 4 is 11.8 Å². The van der Waals surface area contributed by atoms with Gasteiger partial charge in [-0.25, -0.2) is 0 Å². The second-order valence-electron chi connectivity index (χ2n) is 3.55. The second kappa shape index (κ2) is 5.53. The highest BCUT2D eigenvalue weighted by Crippen LogP contribution is 2.30. The number of nitriles is 1. The van der Waals surface area contributed by atoms with E-state index in [-0.39, 0.29) is 0 Å². The fourth-order valence-electron chi connectivity index (χ4n) is 1.52. The van der Waals surface area contributed by atoms with Crippen LogP contribution in [0.25, 0.3) is 0 Å². The van der Waals surface area contributed by atoms with Gasteiger partial charge >= 0.3 is 0 Å². The lowest BCUT2D eigenvalue weighted by molar-refractivity contribution is 1.02. The molecule has 3 heteroatoms. The van der Waals surface area contributed by atoms with Crippen molar-refractivity contribution in [3.63, 3.8) is 0 Å². The quantitative estimate of drug-likeness (QED) is 0.896. The Bertz CT molecular complexity index is 544. The number of hydrogen-bond donors (Lipinski definition) is 1. The van der Waals surface area contributed by atoms with Crippen molar-refractivity contribution in [3.05, 3.63) is 59.7 Å². The Morgan fingerprint density at radius 2 is 1.88 bits per heavy atom. The van der Waals surface area contributed by atoms with Crippen molar-refractivity contribution < 1.29 is 0 Å². The van der Waals surface area contributed by atoms with Gasteiger partial charge in [0, 0.05) is 16.3 Å². The van der Waals surface area contributed by atoms with Gasteiger partial charge in [-0.15, -0.1) is 0 Å². The minimum Gasteiger partial charge on any atom is -0.326 e. The van der Waals surface area contributed by atoms with Gasteiger partial charge < -0.3 is 5.73 Å². The molecule has 84 valence electrons. The topological polar surface area (TPSA) is 49.8 Å². The van der Waals surface area contributed by atoms with E-state index in [1.54, 1.807) is 11.8 Å². The zero-order valence-electron chi connectivity index (χ0n) is 9.26. The first-order valence-corrected chi connectivity index (χ1v) is 6.11. The highest BCUT2D eigenvalue weighted by Gasteiger charge is 2.04. The van der Waals surface area contributed by atoms with Crippen LogP contribution in [0.1, 0.15) is 11.1 Å². The predicted molar refractivity (Wildman–Crippen MR) is 69.6 cm³/mol. The highest BCUT2D eigenvalue weighted by atomic mass is 32.2. The van der Waals surface area contributed by atoms with E-state index in [9.17, 15) is 0 Å². The molecule has 2 rings (SSSR count). The van der Waals surface area contributed by atoms with Gasteiger partial charge in [0.05, 0.1) is 11.6 Å². The van der Waals surface area contributed by atoms with Crippen LogP contribution < -0.4 is 5.73 Å². The second-order valence-corrected chi connectivity index (χ2v) is 4.67. The zero-order chi connectivity index (χ0) is 12.1. The van der Waals surface area contributed by atoms with Gasteiger partial charge in [0.15, 0.2) is 0 Å². The largest absolute Gasteiger partial charge is 0.326 e. The van der Waals surface area contributed by atoms with Gasteiger partial charge in [0.1, 0.15) is 0 Å². The van der Waals surface area contributed by atoms with E-state index in [0.717, 1.165) is 10.5 Å². The van der Waals surface area contributed by atoms with Crippen molar-refractivity contribution in [2.24, 2.45) is 5.73 Å². The van der Waals surface area contributed by atoms with Gasteiger partial charge in [0.2, 0.25) is 0 Å². The Morgan fingerprint density at radius 1 is 1.12 bits per heavy atom. The van der Waals surface area contributed by atoms with E-state index >= 15 is 0 Å². The summed E-state index contributed by atoms with van der Waals surface area (Å²) in [7, 11) is 0. The van der Waals surface area contributed by atoms with Crippen LogP contribution in [-0.2, 0) is 6.54 Å². The third-order valence-corrected chi connectivity index (χ3v) is 3.51. The first-order valence-electron chi connectivity index (χ1n) is 5.29. The summed E-state index contributed by atoms with van der Waals surface area (Å²) in [6.07, 6.45) is 0. The maximum atomic E-state index is 8.84. The Labute approximate surface area is 105 Å². The Kier molecular flexibility index (Phi) is 3.81. The molecule has 0 atom stereocenters. The molecule has 0 spiro atoms. The van der Waals surface area contributed by atoms with Gasteiger partial charge in [-0.2, -0.15) is 5.26 Å². The number of hydrogen-bond acceptors (Lipinski definition) is 3.